The standard InChI is InChI=1S/C22H32N2O6/c1-5-6-13-30-14-7-10-24-21(26)19(20(22(24)27)23(2)11-12-25)16-8-9-17(28-3)18(15-16)29-4/h8-9,15,25H,5-7,10-14H2,1-4H3. The summed E-state index contributed by atoms with van der Waals surface area (Å²) in [5.41, 5.74) is 1.13. The molecule has 0 aliphatic carbocycles. The second-order valence-electron chi connectivity index (χ2n) is 7.02. The molecule has 2 rings (SSSR count). The Hall–Kier alpha value is -2.58. The monoisotopic (exact) mass is 420 g/mol. The molecule has 0 bridgehead atoms. The van der Waals surface area contributed by atoms with Crippen LogP contribution in [-0.4, -0.2) is 80.9 Å². The molecular formula is C22H32N2O6. The number of imide groups is 1. The van der Waals surface area contributed by atoms with E-state index < -0.39 is 0 Å². The molecular weight excluding hydrogens is 388 g/mol. The quantitative estimate of drug-likeness (QED) is 0.385. The third-order valence-electron chi connectivity index (χ3n) is 4.95. The van der Waals surface area contributed by atoms with Crippen LogP contribution in [0.2, 0.25) is 0 Å². The molecule has 0 unspecified atom stereocenters. The van der Waals surface area contributed by atoms with Gasteiger partial charge in [-0.2, -0.15) is 0 Å². The van der Waals surface area contributed by atoms with Gasteiger partial charge in [-0.25, -0.2) is 0 Å². The van der Waals surface area contributed by atoms with Gasteiger partial charge in [0.05, 0.1) is 26.4 Å². The number of ether oxygens (including phenoxy) is 3. The highest BCUT2D eigenvalue weighted by Crippen LogP contribution is 2.36. The lowest BCUT2D eigenvalue weighted by Gasteiger charge is -2.20. The maximum atomic E-state index is 13.2. The molecule has 0 atom stereocenters. The highest BCUT2D eigenvalue weighted by atomic mass is 16.5. The summed E-state index contributed by atoms with van der Waals surface area (Å²) in [5, 5.41) is 9.34. The van der Waals surface area contributed by atoms with Gasteiger partial charge >= 0.3 is 0 Å². The van der Waals surface area contributed by atoms with Crippen LogP contribution < -0.4 is 9.47 Å². The first-order valence-electron chi connectivity index (χ1n) is 10.2. The minimum Gasteiger partial charge on any atom is -0.493 e. The second kappa shape index (κ2) is 11.6. The molecule has 1 aliphatic rings. The molecule has 8 nitrogen and oxygen atoms in total. The van der Waals surface area contributed by atoms with Crippen molar-refractivity contribution in [2.24, 2.45) is 0 Å². The fourth-order valence-corrected chi connectivity index (χ4v) is 3.31. The Balaban J connectivity index is 2.29. The van der Waals surface area contributed by atoms with Gasteiger partial charge in [0.1, 0.15) is 5.70 Å². The molecule has 166 valence electrons. The van der Waals surface area contributed by atoms with Crippen molar-refractivity contribution in [1.82, 2.24) is 9.80 Å². The largest absolute Gasteiger partial charge is 0.493 e. The van der Waals surface area contributed by atoms with E-state index in [1.54, 1.807) is 30.1 Å². The summed E-state index contributed by atoms with van der Waals surface area (Å²) in [4.78, 5) is 29.2. The molecule has 0 spiro atoms. The summed E-state index contributed by atoms with van der Waals surface area (Å²) in [6, 6.07) is 5.11. The molecule has 1 aromatic rings. The van der Waals surface area contributed by atoms with E-state index in [1.807, 2.05) is 0 Å². The van der Waals surface area contributed by atoms with Crippen LogP contribution in [0.15, 0.2) is 23.9 Å². The number of likely N-dealkylation sites (N-methyl/N-ethyl adjacent to an activating group) is 1. The van der Waals surface area contributed by atoms with Crippen LogP contribution in [0, 0.1) is 0 Å². The number of rotatable bonds is 13. The van der Waals surface area contributed by atoms with Crippen LogP contribution in [0.25, 0.3) is 5.57 Å². The zero-order chi connectivity index (χ0) is 22.1. The Morgan fingerprint density at radius 3 is 2.37 bits per heavy atom. The van der Waals surface area contributed by atoms with E-state index in [1.165, 1.54) is 19.1 Å². The molecule has 30 heavy (non-hydrogen) atoms. The van der Waals surface area contributed by atoms with Crippen molar-refractivity contribution in [1.29, 1.82) is 0 Å². The van der Waals surface area contributed by atoms with Crippen molar-refractivity contribution in [2.75, 3.05) is 54.2 Å². The van der Waals surface area contributed by atoms with E-state index in [9.17, 15) is 14.7 Å². The van der Waals surface area contributed by atoms with Gasteiger partial charge in [0.25, 0.3) is 11.8 Å². The second-order valence-corrected chi connectivity index (χ2v) is 7.02. The molecule has 0 saturated heterocycles. The number of nitrogens with zero attached hydrogens (tertiary/aromatic N) is 2. The molecule has 1 aliphatic heterocycles. The predicted molar refractivity (Wildman–Crippen MR) is 113 cm³/mol. The van der Waals surface area contributed by atoms with Crippen LogP contribution in [0.1, 0.15) is 31.7 Å². The van der Waals surface area contributed by atoms with Crippen molar-refractivity contribution in [3.8, 4) is 11.5 Å². The SMILES string of the molecule is CCCCOCCCN1C(=O)C(c2ccc(OC)c(OC)c2)=C(N(C)CCO)C1=O. The smallest absolute Gasteiger partial charge is 0.277 e. The van der Waals surface area contributed by atoms with Crippen molar-refractivity contribution >= 4 is 17.4 Å². The summed E-state index contributed by atoms with van der Waals surface area (Å²) < 4.78 is 16.2. The van der Waals surface area contributed by atoms with Gasteiger partial charge in [-0.1, -0.05) is 19.4 Å². The first kappa shape index (κ1) is 23.7. The molecule has 1 N–H and O–H groups in total. The first-order chi connectivity index (χ1) is 14.5. The molecule has 2 amide bonds. The lowest BCUT2D eigenvalue weighted by atomic mass is 10.0. The van der Waals surface area contributed by atoms with Gasteiger partial charge in [0.2, 0.25) is 0 Å². The van der Waals surface area contributed by atoms with Crippen LogP contribution in [-0.2, 0) is 14.3 Å². The molecule has 0 fully saturated rings. The third kappa shape index (κ3) is 5.31. The van der Waals surface area contributed by atoms with Gasteiger partial charge in [-0.05, 0) is 30.5 Å². The summed E-state index contributed by atoms with van der Waals surface area (Å²) in [6.45, 7) is 3.64. The number of hydrogen-bond acceptors (Lipinski definition) is 7. The number of amides is 2. The number of benzene rings is 1. The zero-order valence-corrected chi connectivity index (χ0v) is 18.3. The first-order valence-corrected chi connectivity index (χ1v) is 10.2. The maximum absolute atomic E-state index is 13.2. The Bertz CT molecular complexity index is 777. The van der Waals surface area contributed by atoms with Gasteiger partial charge in [0, 0.05) is 33.4 Å². The Labute approximate surface area is 178 Å². The lowest BCUT2D eigenvalue weighted by Crippen LogP contribution is -2.36. The lowest BCUT2D eigenvalue weighted by molar-refractivity contribution is -0.137. The average molecular weight is 421 g/mol. The van der Waals surface area contributed by atoms with Gasteiger partial charge in [0.15, 0.2) is 11.5 Å². The van der Waals surface area contributed by atoms with E-state index in [4.69, 9.17) is 14.2 Å². The number of aliphatic hydroxyl groups is 1. The number of methoxy groups -OCH3 is 2. The van der Waals surface area contributed by atoms with Crippen molar-refractivity contribution in [2.45, 2.75) is 26.2 Å². The number of unbranched alkanes of at least 4 members (excludes halogenated alkanes) is 1. The van der Waals surface area contributed by atoms with Crippen LogP contribution >= 0.6 is 0 Å². The number of aliphatic hydroxyl groups excluding tert-OH is 1. The van der Waals surface area contributed by atoms with Gasteiger partial charge < -0.3 is 24.2 Å². The molecule has 1 heterocycles. The summed E-state index contributed by atoms with van der Waals surface area (Å²) >= 11 is 0. The molecule has 0 saturated carbocycles. The minimum absolute atomic E-state index is 0.133. The number of hydrogen-bond donors (Lipinski definition) is 1. The maximum Gasteiger partial charge on any atom is 0.277 e. The molecule has 8 heteroatoms. The fourth-order valence-electron chi connectivity index (χ4n) is 3.31. The third-order valence-corrected chi connectivity index (χ3v) is 4.95. The van der Waals surface area contributed by atoms with Gasteiger partial charge in [-0.15, -0.1) is 0 Å². The minimum atomic E-state index is -0.366. The summed E-state index contributed by atoms with van der Waals surface area (Å²) in [6.07, 6.45) is 2.61. The molecule has 0 aromatic heterocycles. The van der Waals surface area contributed by atoms with E-state index >= 15 is 0 Å². The normalized spacial score (nSPS) is 14.0. The predicted octanol–water partition coefficient (Wildman–Crippen LogP) is 1.91. The number of carbonyl (C=O) groups is 2. The number of carbonyl (C=O) groups excluding carboxylic acids is 2. The van der Waals surface area contributed by atoms with Crippen LogP contribution in [0.5, 0.6) is 11.5 Å². The van der Waals surface area contributed by atoms with Crippen molar-refractivity contribution in [3.05, 3.63) is 29.5 Å². The van der Waals surface area contributed by atoms with E-state index in [2.05, 4.69) is 6.92 Å². The highest BCUT2D eigenvalue weighted by molar-refractivity contribution is 6.35. The van der Waals surface area contributed by atoms with E-state index in [-0.39, 0.29) is 37.2 Å². The Kier molecular flexibility index (Phi) is 9.14. The Morgan fingerprint density at radius 2 is 1.73 bits per heavy atom. The van der Waals surface area contributed by atoms with Crippen LogP contribution in [0.4, 0.5) is 0 Å². The van der Waals surface area contributed by atoms with Gasteiger partial charge in [-0.3, -0.25) is 14.5 Å². The Morgan fingerprint density at radius 1 is 1.03 bits per heavy atom. The van der Waals surface area contributed by atoms with Crippen LogP contribution in [0.3, 0.4) is 0 Å². The highest BCUT2D eigenvalue weighted by Gasteiger charge is 2.40. The topological polar surface area (TPSA) is 88.5 Å². The summed E-state index contributed by atoms with van der Waals surface area (Å²) in [5.74, 6) is 0.273. The molecule has 1 aromatic carbocycles. The molecule has 0 radical (unpaired) electrons. The van der Waals surface area contributed by atoms with Crippen molar-refractivity contribution < 1.29 is 28.9 Å². The van der Waals surface area contributed by atoms with Crippen molar-refractivity contribution in [3.63, 3.8) is 0 Å². The van der Waals surface area contributed by atoms with E-state index in [0.29, 0.717) is 42.3 Å². The zero-order valence-electron chi connectivity index (χ0n) is 18.3. The summed E-state index contributed by atoms with van der Waals surface area (Å²) in [7, 11) is 4.74. The average Bonchev–Trinajstić information content (AvgIpc) is 3.00. The van der Waals surface area contributed by atoms with E-state index in [0.717, 1.165) is 12.8 Å². The fraction of sp³-hybridized carbons (Fsp3) is 0.545.